The summed E-state index contributed by atoms with van der Waals surface area (Å²) in [6.07, 6.45) is -2.61. The molecule has 0 aromatic heterocycles. The Hall–Kier alpha value is -0.890. The van der Waals surface area contributed by atoms with Gasteiger partial charge in [-0.1, -0.05) is 46.4 Å². The Bertz CT molecular complexity index is 584. The van der Waals surface area contributed by atoms with E-state index in [1.54, 1.807) is 20.8 Å². The summed E-state index contributed by atoms with van der Waals surface area (Å²) in [5.74, 6) is -2.58. The molecule has 25 heavy (non-hydrogen) atoms. The van der Waals surface area contributed by atoms with E-state index in [0.717, 1.165) is 4.90 Å². The number of halogens is 4. The average molecular weight is 437 g/mol. The SMILES string of the molecule is CCOC(=O)OC([C@H]1C(=O)N(C(C(=O)OC)=C(C)C)[C@@H]1Cl)C(Cl)(Cl)Cl. The summed E-state index contributed by atoms with van der Waals surface area (Å²) in [7, 11) is 1.17. The van der Waals surface area contributed by atoms with Crippen molar-refractivity contribution in [2.24, 2.45) is 5.92 Å². The fourth-order valence-corrected chi connectivity index (χ4v) is 3.20. The lowest BCUT2D eigenvalue weighted by Gasteiger charge is -2.47. The molecule has 0 radical (unpaired) electrons. The first kappa shape index (κ1) is 22.2. The van der Waals surface area contributed by atoms with E-state index in [-0.39, 0.29) is 12.3 Å². The zero-order valence-electron chi connectivity index (χ0n) is 13.8. The lowest BCUT2D eigenvalue weighted by Crippen LogP contribution is -2.65. The van der Waals surface area contributed by atoms with Crippen LogP contribution in [-0.4, -0.2) is 52.0 Å². The number of likely N-dealkylation sites (tertiary alicyclic amines) is 1. The molecule has 11 heteroatoms. The van der Waals surface area contributed by atoms with Crippen molar-refractivity contribution in [2.75, 3.05) is 13.7 Å². The molecule has 1 heterocycles. The smallest absolute Gasteiger partial charge is 0.464 e. The third-order valence-corrected chi connectivity index (χ3v) is 4.40. The van der Waals surface area contributed by atoms with Gasteiger partial charge in [0.1, 0.15) is 17.1 Å². The minimum Gasteiger partial charge on any atom is -0.464 e. The van der Waals surface area contributed by atoms with Crippen molar-refractivity contribution >= 4 is 64.4 Å². The minimum absolute atomic E-state index is 0.0250. The summed E-state index contributed by atoms with van der Waals surface area (Å²) in [5, 5.41) is 0. The van der Waals surface area contributed by atoms with Gasteiger partial charge in [0.25, 0.3) is 0 Å². The van der Waals surface area contributed by atoms with Crippen LogP contribution < -0.4 is 0 Å². The largest absolute Gasteiger partial charge is 0.508 e. The standard InChI is InChI=1S/C14H17Cl4NO6/c1-5-24-13(22)25-9(14(16,17)18)7-10(15)19(11(7)20)8(6(2)3)12(21)23-4/h7,9-10H,5H2,1-4H3/t7-,9?,10+/m1/s1. The van der Waals surface area contributed by atoms with Crippen LogP contribution in [0.4, 0.5) is 4.79 Å². The Morgan fingerprint density at radius 3 is 2.20 bits per heavy atom. The Morgan fingerprint density at radius 2 is 1.84 bits per heavy atom. The molecule has 0 bridgehead atoms. The predicted octanol–water partition coefficient (Wildman–Crippen LogP) is 3.39. The second kappa shape index (κ2) is 8.66. The molecule has 0 aromatic carbocycles. The molecule has 0 N–H and O–H groups in total. The quantitative estimate of drug-likeness (QED) is 0.216. The topological polar surface area (TPSA) is 82.1 Å². The summed E-state index contributed by atoms with van der Waals surface area (Å²) in [6, 6.07) is 0. The molecule has 142 valence electrons. The van der Waals surface area contributed by atoms with Crippen LogP contribution in [0.15, 0.2) is 11.3 Å². The van der Waals surface area contributed by atoms with Crippen molar-refractivity contribution in [1.29, 1.82) is 0 Å². The maximum atomic E-state index is 12.6. The van der Waals surface area contributed by atoms with E-state index in [4.69, 9.17) is 51.1 Å². The molecular weight excluding hydrogens is 420 g/mol. The van der Waals surface area contributed by atoms with Crippen molar-refractivity contribution in [3.8, 4) is 0 Å². The highest BCUT2D eigenvalue weighted by Gasteiger charge is 2.59. The third kappa shape index (κ3) is 4.84. The van der Waals surface area contributed by atoms with Crippen molar-refractivity contribution in [1.82, 2.24) is 4.90 Å². The van der Waals surface area contributed by atoms with Gasteiger partial charge in [0, 0.05) is 0 Å². The summed E-state index contributed by atoms with van der Waals surface area (Å²) < 4.78 is 12.1. The number of alkyl halides is 4. The van der Waals surface area contributed by atoms with E-state index < -0.39 is 39.3 Å². The molecule has 1 fully saturated rings. The molecule has 1 unspecified atom stereocenters. The number of ether oxygens (including phenoxy) is 3. The van der Waals surface area contributed by atoms with Gasteiger partial charge in [0.2, 0.25) is 9.70 Å². The van der Waals surface area contributed by atoms with Crippen molar-refractivity contribution in [3.05, 3.63) is 11.3 Å². The van der Waals surface area contributed by atoms with Gasteiger partial charge < -0.3 is 14.2 Å². The van der Waals surface area contributed by atoms with Gasteiger partial charge in [0.15, 0.2) is 6.10 Å². The number of carbonyl (C=O) groups excluding carboxylic acids is 3. The second-order valence-corrected chi connectivity index (χ2v) is 8.03. The van der Waals surface area contributed by atoms with Crippen LogP contribution in [0, 0.1) is 5.92 Å². The predicted molar refractivity (Wildman–Crippen MR) is 92.6 cm³/mol. The van der Waals surface area contributed by atoms with E-state index in [1.807, 2.05) is 0 Å². The molecule has 1 aliphatic rings. The Labute approximate surface area is 165 Å². The van der Waals surface area contributed by atoms with Gasteiger partial charge >= 0.3 is 12.1 Å². The van der Waals surface area contributed by atoms with E-state index >= 15 is 0 Å². The molecular formula is C14H17Cl4NO6. The number of hydrogen-bond acceptors (Lipinski definition) is 6. The first-order valence-electron chi connectivity index (χ1n) is 7.10. The summed E-state index contributed by atoms with van der Waals surface area (Å²) in [5.41, 5.74) is -0.615. The van der Waals surface area contributed by atoms with Gasteiger partial charge in [-0.2, -0.15) is 0 Å². The zero-order valence-corrected chi connectivity index (χ0v) is 16.9. The van der Waals surface area contributed by atoms with Crippen LogP contribution >= 0.6 is 46.4 Å². The highest BCUT2D eigenvalue weighted by molar-refractivity contribution is 6.68. The number of nitrogens with zero attached hydrogens (tertiary/aromatic N) is 1. The van der Waals surface area contributed by atoms with E-state index in [9.17, 15) is 14.4 Å². The number of esters is 1. The van der Waals surface area contributed by atoms with E-state index in [0.29, 0.717) is 5.57 Å². The molecule has 1 rings (SSSR count). The van der Waals surface area contributed by atoms with Crippen LogP contribution in [0.5, 0.6) is 0 Å². The van der Waals surface area contributed by atoms with Crippen LogP contribution in [-0.2, 0) is 23.8 Å². The Kier molecular flexibility index (Phi) is 7.68. The molecule has 0 aliphatic carbocycles. The van der Waals surface area contributed by atoms with Gasteiger partial charge in [-0.05, 0) is 26.3 Å². The van der Waals surface area contributed by atoms with Crippen LogP contribution in [0.2, 0.25) is 0 Å². The van der Waals surface area contributed by atoms with Crippen molar-refractivity contribution in [3.63, 3.8) is 0 Å². The van der Waals surface area contributed by atoms with E-state index in [1.165, 1.54) is 7.11 Å². The van der Waals surface area contributed by atoms with Crippen LogP contribution in [0.1, 0.15) is 20.8 Å². The summed E-state index contributed by atoms with van der Waals surface area (Å²) >= 11 is 23.7. The summed E-state index contributed by atoms with van der Waals surface area (Å²) in [6.45, 7) is 4.81. The first-order valence-corrected chi connectivity index (χ1v) is 8.67. The molecule has 0 aromatic rings. The number of rotatable bonds is 5. The number of methoxy groups -OCH3 is 1. The lowest BCUT2D eigenvalue weighted by atomic mass is 9.91. The van der Waals surface area contributed by atoms with Gasteiger partial charge in [-0.15, -0.1) is 0 Å². The third-order valence-electron chi connectivity index (χ3n) is 3.29. The summed E-state index contributed by atoms with van der Waals surface area (Å²) in [4.78, 5) is 37.0. The van der Waals surface area contributed by atoms with Gasteiger partial charge in [-0.25, -0.2) is 9.59 Å². The average Bonchev–Trinajstić information content (AvgIpc) is 2.50. The maximum Gasteiger partial charge on any atom is 0.508 e. The maximum absolute atomic E-state index is 12.6. The second-order valence-electron chi connectivity index (χ2n) is 5.21. The zero-order chi connectivity index (χ0) is 19.5. The molecule has 1 aliphatic heterocycles. The molecule has 3 atom stereocenters. The normalized spacial score (nSPS) is 21.1. The first-order chi connectivity index (χ1) is 11.5. The minimum atomic E-state index is -2.14. The number of amides is 1. The molecule has 7 nitrogen and oxygen atoms in total. The van der Waals surface area contributed by atoms with Crippen molar-refractivity contribution in [2.45, 2.75) is 36.2 Å². The van der Waals surface area contributed by atoms with Gasteiger partial charge in [-0.3, -0.25) is 9.69 Å². The fraction of sp³-hybridized carbons (Fsp3) is 0.643. The van der Waals surface area contributed by atoms with E-state index in [2.05, 4.69) is 9.47 Å². The number of hydrogen-bond donors (Lipinski definition) is 0. The van der Waals surface area contributed by atoms with Crippen LogP contribution in [0.25, 0.3) is 0 Å². The monoisotopic (exact) mass is 435 g/mol. The highest BCUT2D eigenvalue weighted by Crippen LogP contribution is 2.46. The Morgan fingerprint density at radius 1 is 1.28 bits per heavy atom. The Balaban J connectivity index is 3.10. The molecule has 0 saturated carbocycles. The van der Waals surface area contributed by atoms with Gasteiger partial charge in [0.05, 0.1) is 13.7 Å². The molecule has 1 amide bonds. The number of carbonyl (C=O) groups is 3. The van der Waals surface area contributed by atoms with Crippen molar-refractivity contribution < 1.29 is 28.6 Å². The molecule has 1 saturated heterocycles. The fourth-order valence-electron chi connectivity index (χ4n) is 2.22. The number of β-lactam (4-membered cyclic amide) rings is 1. The highest BCUT2D eigenvalue weighted by atomic mass is 35.6. The van der Waals surface area contributed by atoms with Crippen LogP contribution in [0.3, 0.4) is 0 Å². The number of allylic oxidation sites excluding steroid dienone is 1. The molecule has 0 spiro atoms. The lowest BCUT2D eigenvalue weighted by molar-refractivity contribution is -0.160.